The van der Waals surface area contributed by atoms with Crippen LogP contribution in [0.3, 0.4) is 0 Å². The maximum Gasteiger partial charge on any atom is 0.344 e. The number of anilines is 1. The minimum absolute atomic E-state index is 0.0818. The third-order valence-corrected chi connectivity index (χ3v) is 3.72. The van der Waals surface area contributed by atoms with Crippen molar-refractivity contribution in [1.29, 1.82) is 0 Å². The van der Waals surface area contributed by atoms with E-state index in [0.29, 0.717) is 5.69 Å². The number of hydrogen-bond acceptors (Lipinski definition) is 6. The Hall–Kier alpha value is -3.42. The molecule has 2 aromatic carbocycles. The molecule has 0 aliphatic rings. The van der Waals surface area contributed by atoms with Crippen LogP contribution in [0.2, 0.25) is 0 Å². The van der Waals surface area contributed by atoms with Crippen LogP contribution in [0.25, 0.3) is 0 Å². The molecule has 0 aromatic heterocycles. The van der Waals surface area contributed by atoms with Crippen LogP contribution in [-0.4, -0.2) is 29.5 Å². The van der Waals surface area contributed by atoms with E-state index in [0.717, 1.165) is 11.1 Å². The zero-order valence-corrected chi connectivity index (χ0v) is 15.2. The standard InChI is InChI=1S/C19H20N2O6/c1-12-4-9-17(13(2)10-12)20-19(23)14(3)27-18(22)11-26-16-7-5-15(6-8-16)21(24)25/h4-10,14H,11H2,1-3H3,(H,20,23)/t14-/m1/s1. The lowest BCUT2D eigenvalue weighted by Crippen LogP contribution is -2.31. The number of benzene rings is 2. The van der Waals surface area contributed by atoms with E-state index in [9.17, 15) is 19.7 Å². The van der Waals surface area contributed by atoms with Gasteiger partial charge in [0, 0.05) is 17.8 Å². The number of carbonyl (C=O) groups excluding carboxylic acids is 2. The van der Waals surface area contributed by atoms with Crippen molar-refractivity contribution in [2.45, 2.75) is 26.9 Å². The van der Waals surface area contributed by atoms with Crippen molar-refractivity contribution >= 4 is 23.3 Å². The number of ether oxygens (including phenoxy) is 2. The SMILES string of the molecule is Cc1ccc(NC(=O)[C@@H](C)OC(=O)COc2ccc([N+](=O)[O-])cc2)c(C)c1. The van der Waals surface area contributed by atoms with Crippen molar-refractivity contribution in [2.24, 2.45) is 0 Å². The topological polar surface area (TPSA) is 108 Å². The predicted molar refractivity (Wildman–Crippen MR) is 98.7 cm³/mol. The number of hydrogen-bond donors (Lipinski definition) is 1. The van der Waals surface area contributed by atoms with Crippen LogP contribution in [0.1, 0.15) is 18.1 Å². The Bertz CT molecular complexity index is 848. The van der Waals surface area contributed by atoms with Gasteiger partial charge in [-0.1, -0.05) is 17.7 Å². The number of nitrogens with one attached hydrogen (secondary N) is 1. The van der Waals surface area contributed by atoms with Crippen molar-refractivity contribution in [2.75, 3.05) is 11.9 Å². The summed E-state index contributed by atoms with van der Waals surface area (Å²) in [5.41, 5.74) is 2.55. The predicted octanol–water partition coefficient (Wildman–Crippen LogP) is 3.16. The average Bonchev–Trinajstić information content (AvgIpc) is 2.62. The van der Waals surface area contributed by atoms with Gasteiger partial charge in [-0.15, -0.1) is 0 Å². The third kappa shape index (κ3) is 5.81. The summed E-state index contributed by atoms with van der Waals surface area (Å²) in [7, 11) is 0. The number of amides is 1. The third-order valence-electron chi connectivity index (χ3n) is 3.72. The van der Waals surface area contributed by atoms with E-state index in [4.69, 9.17) is 9.47 Å². The highest BCUT2D eigenvalue weighted by molar-refractivity contribution is 5.95. The van der Waals surface area contributed by atoms with E-state index in [1.54, 1.807) is 6.07 Å². The number of rotatable bonds is 7. The molecule has 1 atom stereocenters. The maximum absolute atomic E-state index is 12.2. The molecule has 0 spiro atoms. The molecule has 0 saturated carbocycles. The lowest BCUT2D eigenvalue weighted by Gasteiger charge is -2.15. The molecule has 1 N–H and O–H groups in total. The molecule has 2 aromatic rings. The van der Waals surface area contributed by atoms with Gasteiger partial charge in [-0.3, -0.25) is 14.9 Å². The van der Waals surface area contributed by atoms with Crippen LogP contribution < -0.4 is 10.1 Å². The number of nitro benzene ring substituents is 1. The molecule has 0 saturated heterocycles. The highest BCUT2D eigenvalue weighted by atomic mass is 16.6. The number of aryl methyl sites for hydroxylation is 2. The fraction of sp³-hybridized carbons (Fsp3) is 0.263. The van der Waals surface area contributed by atoms with Gasteiger partial charge in [0.2, 0.25) is 0 Å². The number of esters is 1. The Kier molecular flexibility index (Phi) is 6.48. The van der Waals surface area contributed by atoms with Crippen LogP contribution >= 0.6 is 0 Å². The molecular weight excluding hydrogens is 352 g/mol. The summed E-state index contributed by atoms with van der Waals surface area (Å²) >= 11 is 0. The first kappa shape index (κ1) is 19.9. The Morgan fingerprint density at radius 2 is 1.81 bits per heavy atom. The van der Waals surface area contributed by atoms with Crippen molar-refractivity contribution in [3.63, 3.8) is 0 Å². The van der Waals surface area contributed by atoms with Gasteiger partial charge in [-0.2, -0.15) is 0 Å². The van der Waals surface area contributed by atoms with Gasteiger partial charge >= 0.3 is 5.97 Å². The molecular formula is C19H20N2O6. The van der Waals surface area contributed by atoms with Gasteiger partial charge in [-0.05, 0) is 44.5 Å². The molecule has 2 rings (SSSR count). The zero-order valence-electron chi connectivity index (χ0n) is 15.2. The van der Waals surface area contributed by atoms with Gasteiger partial charge in [0.05, 0.1) is 4.92 Å². The molecule has 1 amide bonds. The largest absolute Gasteiger partial charge is 0.482 e. The minimum Gasteiger partial charge on any atom is -0.482 e. The van der Waals surface area contributed by atoms with Gasteiger partial charge in [0.1, 0.15) is 5.75 Å². The monoisotopic (exact) mass is 372 g/mol. The highest BCUT2D eigenvalue weighted by Gasteiger charge is 2.19. The summed E-state index contributed by atoms with van der Waals surface area (Å²) in [6.07, 6.45) is -1.00. The Labute approximate surface area is 156 Å². The second-order valence-corrected chi connectivity index (χ2v) is 5.98. The lowest BCUT2D eigenvalue weighted by atomic mass is 10.1. The number of carbonyl (C=O) groups is 2. The highest BCUT2D eigenvalue weighted by Crippen LogP contribution is 2.18. The van der Waals surface area contributed by atoms with E-state index in [2.05, 4.69) is 5.32 Å². The Morgan fingerprint density at radius 3 is 2.41 bits per heavy atom. The molecule has 0 bridgehead atoms. The van der Waals surface area contributed by atoms with E-state index in [1.807, 2.05) is 26.0 Å². The molecule has 0 radical (unpaired) electrons. The molecule has 0 aliphatic carbocycles. The normalized spacial score (nSPS) is 11.4. The van der Waals surface area contributed by atoms with Crippen LogP contribution in [0.5, 0.6) is 5.75 Å². The summed E-state index contributed by atoms with van der Waals surface area (Å²) < 4.78 is 10.3. The second-order valence-electron chi connectivity index (χ2n) is 5.98. The first-order chi connectivity index (χ1) is 12.8. The number of non-ortho nitro benzene ring substituents is 1. The maximum atomic E-state index is 12.2. The molecule has 0 fully saturated rings. The van der Waals surface area contributed by atoms with Crippen LogP contribution in [0, 0.1) is 24.0 Å². The van der Waals surface area contributed by atoms with Crippen LogP contribution in [0.4, 0.5) is 11.4 Å². The first-order valence-corrected chi connectivity index (χ1v) is 8.21. The van der Waals surface area contributed by atoms with Crippen LogP contribution in [-0.2, 0) is 14.3 Å². The molecule has 8 nitrogen and oxygen atoms in total. The lowest BCUT2D eigenvalue weighted by molar-refractivity contribution is -0.384. The van der Waals surface area contributed by atoms with E-state index >= 15 is 0 Å². The van der Waals surface area contributed by atoms with Crippen molar-refractivity contribution in [1.82, 2.24) is 0 Å². The van der Waals surface area contributed by atoms with E-state index in [-0.39, 0.29) is 11.4 Å². The first-order valence-electron chi connectivity index (χ1n) is 8.21. The van der Waals surface area contributed by atoms with Gasteiger partial charge in [0.15, 0.2) is 12.7 Å². The molecule has 0 aliphatic heterocycles. The molecule has 0 heterocycles. The van der Waals surface area contributed by atoms with Crippen molar-refractivity contribution < 1.29 is 24.0 Å². The number of nitrogens with zero attached hydrogens (tertiary/aromatic N) is 1. The second kappa shape index (κ2) is 8.79. The van der Waals surface area contributed by atoms with Crippen molar-refractivity contribution in [3.8, 4) is 5.75 Å². The smallest absolute Gasteiger partial charge is 0.344 e. The minimum atomic E-state index is -1.00. The summed E-state index contributed by atoms with van der Waals surface area (Å²) in [4.78, 5) is 34.1. The Morgan fingerprint density at radius 1 is 1.15 bits per heavy atom. The molecule has 0 unspecified atom stereocenters. The quantitative estimate of drug-likeness (QED) is 0.454. The fourth-order valence-corrected chi connectivity index (χ4v) is 2.28. The van der Waals surface area contributed by atoms with Crippen molar-refractivity contribution in [3.05, 3.63) is 63.7 Å². The molecule has 142 valence electrons. The Balaban J connectivity index is 1.83. The zero-order chi connectivity index (χ0) is 20.0. The van der Waals surface area contributed by atoms with Gasteiger partial charge < -0.3 is 14.8 Å². The van der Waals surface area contributed by atoms with E-state index in [1.165, 1.54) is 31.2 Å². The van der Waals surface area contributed by atoms with Gasteiger partial charge in [0.25, 0.3) is 11.6 Å². The number of nitro groups is 1. The summed E-state index contributed by atoms with van der Waals surface area (Å²) in [6, 6.07) is 10.9. The average molecular weight is 372 g/mol. The van der Waals surface area contributed by atoms with Crippen LogP contribution in [0.15, 0.2) is 42.5 Å². The summed E-state index contributed by atoms with van der Waals surface area (Å²) in [5.74, 6) is -0.896. The van der Waals surface area contributed by atoms with Gasteiger partial charge in [-0.25, -0.2) is 4.79 Å². The summed E-state index contributed by atoms with van der Waals surface area (Å²) in [5, 5.41) is 13.3. The molecule has 27 heavy (non-hydrogen) atoms. The van der Waals surface area contributed by atoms with E-state index < -0.39 is 29.5 Å². The fourth-order valence-electron chi connectivity index (χ4n) is 2.28. The molecule has 8 heteroatoms. The summed E-state index contributed by atoms with van der Waals surface area (Å²) in [6.45, 7) is 4.87.